The van der Waals surface area contributed by atoms with Gasteiger partial charge in [0.05, 0.1) is 6.61 Å². The first kappa shape index (κ1) is 15.2. The van der Waals surface area contributed by atoms with E-state index in [1.54, 1.807) is 0 Å². The summed E-state index contributed by atoms with van der Waals surface area (Å²) in [5.74, 6) is 0. The normalized spacial score (nSPS) is 20.6. The minimum atomic E-state index is -1.64. The van der Waals surface area contributed by atoms with E-state index in [2.05, 4.69) is 0 Å². The summed E-state index contributed by atoms with van der Waals surface area (Å²) in [5.41, 5.74) is 0. The van der Waals surface area contributed by atoms with Crippen molar-refractivity contribution in [3.8, 4) is 0 Å². The standard InChI is InChI=1S/C7H13Cl3NO4P/c1-12-16(13-2)15-6(7(8,9)10)11-4-3-5-14-11/h6H,3-5H2,1-2H3. The number of alkyl halides is 3. The SMILES string of the molecule is COP(OC)OC(N1CCCO1)C(Cl)(Cl)Cl. The summed E-state index contributed by atoms with van der Waals surface area (Å²) >= 11 is 17.5. The molecule has 0 N–H and O–H groups in total. The molecule has 1 heterocycles. The van der Waals surface area contributed by atoms with Crippen LogP contribution in [0, 0.1) is 0 Å². The van der Waals surface area contributed by atoms with Gasteiger partial charge in [0.15, 0.2) is 6.23 Å². The molecule has 1 saturated heterocycles. The van der Waals surface area contributed by atoms with Crippen LogP contribution in [-0.4, -0.2) is 42.5 Å². The Bertz CT molecular complexity index is 208. The summed E-state index contributed by atoms with van der Waals surface area (Å²) in [6.45, 7) is 1.22. The van der Waals surface area contributed by atoms with Gasteiger partial charge in [-0.05, 0) is 6.42 Å². The minimum absolute atomic E-state index is 0.582. The van der Waals surface area contributed by atoms with Crippen molar-refractivity contribution in [3.05, 3.63) is 0 Å². The summed E-state index contributed by atoms with van der Waals surface area (Å²) in [7, 11) is 1.36. The van der Waals surface area contributed by atoms with Crippen molar-refractivity contribution >= 4 is 43.4 Å². The fraction of sp³-hybridized carbons (Fsp3) is 1.00. The van der Waals surface area contributed by atoms with Crippen molar-refractivity contribution in [3.63, 3.8) is 0 Å². The van der Waals surface area contributed by atoms with Crippen molar-refractivity contribution < 1.29 is 18.4 Å². The van der Waals surface area contributed by atoms with Crippen LogP contribution in [0.25, 0.3) is 0 Å². The summed E-state index contributed by atoms with van der Waals surface area (Å²) < 4.78 is 13.7. The zero-order valence-corrected chi connectivity index (χ0v) is 12.0. The monoisotopic (exact) mass is 311 g/mol. The van der Waals surface area contributed by atoms with Gasteiger partial charge < -0.3 is 9.05 Å². The van der Waals surface area contributed by atoms with Crippen molar-refractivity contribution in [1.82, 2.24) is 5.06 Å². The molecule has 0 saturated carbocycles. The van der Waals surface area contributed by atoms with Gasteiger partial charge >= 0.3 is 8.60 Å². The Hall–Kier alpha value is 1.10. The summed E-state index contributed by atoms with van der Waals surface area (Å²) in [4.78, 5) is 5.29. The highest BCUT2D eigenvalue weighted by atomic mass is 35.6. The van der Waals surface area contributed by atoms with Gasteiger partial charge in [-0.1, -0.05) is 34.8 Å². The topological polar surface area (TPSA) is 40.2 Å². The Labute approximate surface area is 111 Å². The summed E-state index contributed by atoms with van der Waals surface area (Å²) in [5, 5.41) is 1.49. The molecule has 1 aliphatic rings. The van der Waals surface area contributed by atoms with E-state index in [1.165, 1.54) is 19.3 Å². The maximum absolute atomic E-state index is 5.82. The molecule has 1 rings (SSSR count). The van der Waals surface area contributed by atoms with Gasteiger partial charge in [0, 0.05) is 20.8 Å². The van der Waals surface area contributed by atoms with Gasteiger partial charge in [0.2, 0.25) is 3.79 Å². The molecule has 5 nitrogen and oxygen atoms in total. The van der Waals surface area contributed by atoms with Crippen LogP contribution in [0.5, 0.6) is 0 Å². The lowest BCUT2D eigenvalue weighted by molar-refractivity contribution is -0.193. The van der Waals surface area contributed by atoms with Crippen molar-refractivity contribution in [2.75, 3.05) is 27.4 Å². The second-order valence-electron chi connectivity index (χ2n) is 2.92. The maximum atomic E-state index is 5.82. The lowest BCUT2D eigenvalue weighted by Gasteiger charge is -2.32. The first-order chi connectivity index (χ1) is 7.49. The lowest BCUT2D eigenvalue weighted by Crippen LogP contribution is -2.43. The van der Waals surface area contributed by atoms with Crippen LogP contribution < -0.4 is 0 Å². The van der Waals surface area contributed by atoms with Gasteiger partial charge in [-0.15, -0.1) is 0 Å². The highest BCUT2D eigenvalue weighted by Crippen LogP contribution is 2.46. The van der Waals surface area contributed by atoms with E-state index in [1.807, 2.05) is 0 Å². The largest absolute Gasteiger partial charge is 0.333 e. The van der Waals surface area contributed by atoms with Gasteiger partial charge in [-0.25, -0.2) is 0 Å². The number of nitrogens with zero attached hydrogens (tertiary/aromatic N) is 1. The zero-order valence-electron chi connectivity index (χ0n) is 8.86. The van der Waals surface area contributed by atoms with Crippen LogP contribution in [0.2, 0.25) is 0 Å². The molecule has 0 bridgehead atoms. The molecular formula is C7H13Cl3NO4P. The number of hydroxylamine groups is 2. The molecule has 16 heavy (non-hydrogen) atoms. The Morgan fingerprint density at radius 3 is 2.31 bits per heavy atom. The predicted octanol–water partition coefficient (Wildman–Crippen LogP) is 2.86. The van der Waals surface area contributed by atoms with E-state index in [0.29, 0.717) is 13.2 Å². The molecule has 1 aliphatic heterocycles. The van der Waals surface area contributed by atoms with Crippen LogP contribution in [0.15, 0.2) is 0 Å². The highest BCUT2D eigenvalue weighted by Gasteiger charge is 2.42. The third-order valence-electron chi connectivity index (χ3n) is 1.81. The van der Waals surface area contributed by atoms with Gasteiger partial charge in [0.1, 0.15) is 0 Å². The summed E-state index contributed by atoms with van der Waals surface area (Å²) in [6, 6.07) is 0. The van der Waals surface area contributed by atoms with E-state index in [4.69, 9.17) is 53.2 Å². The maximum Gasteiger partial charge on any atom is 0.333 e. The Morgan fingerprint density at radius 1 is 1.31 bits per heavy atom. The molecule has 0 aromatic rings. The fourth-order valence-electron chi connectivity index (χ4n) is 1.17. The van der Waals surface area contributed by atoms with E-state index < -0.39 is 18.6 Å². The second-order valence-corrected chi connectivity index (χ2v) is 6.67. The molecule has 0 radical (unpaired) electrons. The average molecular weight is 313 g/mol. The zero-order chi connectivity index (χ0) is 12.2. The van der Waals surface area contributed by atoms with Crippen molar-refractivity contribution in [2.24, 2.45) is 0 Å². The highest BCUT2D eigenvalue weighted by molar-refractivity contribution is 7.41. The average Bonchev–Trinajstić information content (AvgIpc) is 2.70. The van der Waals surface area contributed by atoms with Crippen LogP contribution in [0.3, 0.4) is 0 Å². The first-order valence-electron chi connectivity index (χ1n) is 4.50. The molecule has 9 heteroatoms. The van der Waals surface area contributed by atoms with E-state index in [9.17, 15) is 0 Å². The molecule has 1 fully saturated rings. The van der Waals surface area contributed by atoms with Gasteiger partial charge in [-0.2, -0.15) is 5.06 Å². The molecule has 1 unspecified atom stereocenters. The van der Waals surface area contributed by atoms with E-state index >= 15 is 0 Å². The van der Waals surface area contributed by atoms with Crippen LogP contribution >= 0.6 is 43.4 Å². The van der Waals surface area contributed by atoms with Gasteiger partial charge in [0.25, 0.3) is 0 Å². The predicted molar refractivity (Wildman–Crippen MR) is 63.4 cm³/mol. The second kappa shape index (κ2) is 6.88. The Kier molecular flexibility index (Phi) is 6.52. The van der Waals surface area contributed by atoms with Crippen LogP contribution in [-0.2, 0) is 18.4 Å². The van der Waals surface area contributed by atoms with Crippen LogP contribution in [0.1, 0.15) is 6.42 Å². The number of halogens is 3. The third-order valence-corrected chi connectivity index (χ3v) is 3.33. The number of rotatable bonds is 5. The molecule has 96 valence electrons. The first-order valence-corrected chi connectivity index (χ1v) is 6.73. The molecule has 0 aliphatic carbocycles. The molecule has 0 spiro atoms. The molecule has 0 amide bonds. The van der Waals surface area contributed by atoms with E-state index in [0.717, 1.165) is 6.42 Å². The van der Waals surface area contributed by atoms with Crippen LogP contribution in [0.4, 0.5) is 0 Å². The number of hydrogen-bond donors (Lipinski definition) is 0. The Morgan fingerprint density at radius 2 is 1.94 bits per heavy atom. The fourth-order valence-corrected chi connectivity index (χ4v) is 2.56. The molecule has 0 aromatic carbocycles. The van der Waals surface area contributed by atoms with Crippen molar-refractivity contribution in [1.29, 1.82) is 0 Å². The molecule has 1 atom stereocenters. The summed E-state index contributed by atoms with van der Waals surface area (Å²) in [6.07, 6.45) is 0.00407. The van der Waals surface area contributed by atoms with Crippen molar-refractivity contribution in [2.45, 2.75) is 16.4 Å². The van der Waals surface area contributed by atoms with Gasteiger partial charge in [-0.3, -0.25) is 9.36 Å². The Balaban J connectivity index is 2.63. The van der Waals surface area contributed by atoms with E-state index in [-0.39, 0.29) is 0 Å². The quantitative estimate of drug-likeness (QED) is 0.577. The molecule has 0 aromatic heterocycles. The minimum Gasteiger partial charge on any atom is -0.316 e. The molecular weight excluding hydrogens is 299 g/mol. The number of hydrogen-bond acceptors (Lipinski definition) is 5. The third kappa shape index (κ3) is 4.41. The smallest absolute Gasteiger partial charge is 0.316 e. The lowest BCUT2D eigenvalue weighted by atomic mass is 10.4.